The normalized spacial score (nSPS) is 22.8. The molecule has 18 heavy (non-hydrogen) atoms. The zero-order chi connectivity index (χ0) is 12.4. The van der Waals surface area contributed by atoms with E-state index in [0.717, 1.165) is 24.5 Å². The van der Waals surface area contributed by atoms with Gasteiger partial charge in [0.1, 0.15) is 13.2 Å². The number of hydrogen-bond donors (Lipinski definition) is 1. The van der Waals surface area contributed by atoms with Crippen molar-refractivity contribution in [2.24, 2.45) is 0 Å². The summed E-state index contributed by atoms with van der Waals surface area (Å²) in [7, 11) is 0. The van der Waals surface area contributed by atoms with Gasteiger partial charge in [0.15, 0.2) is 11.5 Å². The molecule has 1 N–H and O–H groups in total. The molecule has 3 nitrogen and oxygen atoms in total. The fourth-order valence-electron chi connectivity index (χ4n) is 2.82. The van der Waals surface area contributed by atoms with E-state index in [1.807, 2.05) is 0 Å². The molecule has 1 saturated heterocycles. The van der Waals surface area contributed by atoms with Gasteiger partial charge >= 0.3 is 0 Å². The third kappa shape index (κ3) is 2.46. The molecule has 0 bridgehead atoms. The summed E-state index contributed by atoms with van der Waals surface area (Å²) < 4.78 is 11.3. The molecule has 0 saturated carbocycles. The molecule has 2 heterocycles. The van der Waals surface area contributed by atoms with E-state index >= 15 is 0 Å². The molecule has 1 unspecified atom stereocenters. The fourth-order valence-corrected chi connectivity index (χ4v) is 2.82. The third-order valence-electron chi connectivity index (χ3n) is 3.88. The first-order valence-electron chi connectivity index (χ1n) is 6.95. The summed E-state index contributed by atoms with van der Waals surface area (Å²) in [6, 6.07) is 4.91. The highest BCUT2D eigenvalue weighted by Gasteiger charge is 2.18. The second-order valence-electron chi connectivity index (χ2n) is 5.27. The largest absolute Gasteiger partial charge is 0.486 e. The molecule has 3 rings (SSSR count). The number of rotatable bonds is 2. The number of ether oxygens (including phenoxy) is 2. The quantitative estimate of drug-likeness (QED) is 0.870. The zero-order valence-electron chi connectivity index (χ0n) is 11.0. The van der Waals surface area contributed by atoms with E-state index < -0.39 is 0 Å². The lowest BCUT2D eigenvalue weighted by Gasteiger charge is -2.25. The van der Waals surface area contributed by atoms with Gasteiger partial charge in [-0.3, -0.25) is 0 Å². The maximum Gasteiger partial charge on any atom is 0.161 e. The number of benzene rings is 1. The van der Waals surface area contributed by atoms with Crippen molar-refractivity contribution in [3.05, 3.63) is 23.3 Å². The summed E-state index contributed by atoms with van der Waals surface area (Å²) in [5, 5.41) is 3.60. The van der Waals surface area contributed by atoms with Gasteiger partial charge in [0, 0.05) is 6.04 Å². The molecule has 1 aromatic carbocycles. The Kier molecular flexibility index (Phi) is 3.41. The average Bonchev–Trinajstić information content (AvgIpc) is 2.41. The van der Waals surface area contributed by atoms with Gasteiger partial charge in [-0.2, -0.15) is 0 Å². The maximum atomic E-state index is 5.66. The minimum atomic E-state index is 0.625. The molecule has 1 atom stereocenters. The molecule has 2 aliphatic heterocycles. The summed E-state index contributed by atoms with van der Waals surface area (Å²) in [4.78, 5) is 0. The lowest BCUT2D eigenvalue weighted by molar-refractivity contribution is 0.171. The van der Waals surface area contributed by atoms with Gasteiger partial charge < -0.3 is 14.8 Å². The van der Waals surface area contributed by atoms with Crippen molar-refractivity contribution in [3.8, 4) is 11.5 Å². The topological polar surface area (TPSA) is 30.5 Å². The van der Waals surface area contributed by atoms with E-state index in [-0.39, 0.29) is 0 Å². The Morgan fingerprint density at radius 2 is 1.94 bits per heavy atom. The lowest BCUT2D eigenvalue weighted by Crippen LogP contribution is -2.35. The molecule has 3 heteroatoms. The van der Waals surface area contributed by atoms with Crippen LogP contribution in [0.5, 0.6) is 11.5 Å². The smallest absolute Gasteiger partial charge is 0.161 e. The van der Waals surface area contributed by atoms with Gasteiger partial charge in [-0.05, 0) is 56.0 Å². The number of aryl methyl sites for hydroxylation is 1. The lowest BCUT2D eigenvalue weighted by atomic mass is 9.95. The average molecular weight is 247 g/mol. The summed E-state index contributed by atoms with van der Waals surface area (Å²) in [5.41, 5.74) is 2.70. The van der Waals surface area contributed by atoms with Crippen LogP contribution in [0, 0.1) is 6.92 Å². The standard InChI is InChI=1S/C15H21NO2/c1-11-8-14-15(18-7-6-17-14)10-12(11)9-13-4-2-3-5-16-13/h8,10,13,16H,2-7,9H2,1H3. The van der Waals surface area contributed by atoms with Gasteiger partial charge in [0.2, 0.25) is 0 Å². The number of piperidine rings is 1. The summed E-state index contributed by atoms with van der Waals surface area (Å²) >= 11 is 0. The van der Waals surface area contributed by atoms with Crippen LogP contribution in [-0.2, 0) is 6.42 Å². The first kappa shape index (κ1) is 11.8. The SMILES string of the molecule is Cc1cc2c(cc1CC1CCCCN1)OCCO2. The summed E-state index contributed by atoms with van der Waals surface area (Å²) in [6.07, 6.45) is 5.05. The Hall–Kier alpha value is -1.22. The van der Waals surface area contributed by atoms with Gasteiger partial charge in [0.05, 0.1) is 0 Å². The van der Waals surface area contributed by atoms with Crippen LogP contribution in [0.2, 0.25) is 0 Å². The van der Waals surface area contributed by atoms with E-state index in [1.165, 1.54) is 30.4 Å². The van der Waals surface area contributed by atoms with Gasteiger partial charge in [-0.1, -0.05) is 6.42 Å². The van der Waals surface area contributed by atoms with Gasteiger partial charge in [-0.15, -0.1) is 0 Å². The molecule has 98 valence electrons. The van der Waals surface area contributed by atoms with Crippen LogP contribution in [-0.4, -0.2) is 25.8 Å². The molecule has 0 spiro atoms. The van der Waals surface area contributed by atoms with Crippen LogP contribution in [0.1, 0.15) is 30.4 Å². The minimum absolute atomic E-state index is 0.625. The molecule has 0 aromatic heterocycles. The maximum absolute atomic E-state index is 5.66. The van der Waals surface area contributed by atoms with Crippen molar-refractivity contribution in [1.82, 2.24) is 5.32 Å². The molecule has 0 amide bonds. The van der Waals surface area contributed by atoms with Crippen LogP contribution in [0.15, 0.2) is 12.1 Å². The predicted octanol–water partition coefficient (Wildman–Crippen LogP) is 2.45. The van der Waals surface area contributed by atoms with E-state index in [0.29, 0.717) is 19.3 Å². The predicted molar refractivity (Wildman–Crippen MR) is 71.5 cm³/mol. The molecule has 1 fully saturated rings. The van der Waals surface area contributed by atoms with Crippen molar-refractivity contribution in [3.63, 3.8) is 0 Å². The van der Waals surface area contributed by atoms with E-state index in [4.69, 9.17) is 9.47 Å². The molecular formula is C15H21NO2. The molecule has 0 aliphatic carbocycles. The molecule has 0 radical (unpaired) electrons. The first-order valence-corrected chi connectivity index (χ1v) is 6.95. The summed E-state index contributed by atoms with van der Waals surface area (Å²) in [5.74, 6) is 1.82. The second-order valence-corrected chi connectivity index (χ2v) is 5.27. The fraction of sp³-hybridized carbons (Fsp3) is 0.600. The van der Waals surface area contributed by atoms with Crippen molar-refractivity contribution in [2.75, 3.05) is 19.8 Å². The van der Waals surface area contributed by atoms with Crippen LogP contribution in [0.4, 0.5) is 0 Å². The number of hydrogen-bond acceptors (Lipinski definition) is 3. The van der Waals surface area contributed by atoms with E-state index in [1.54, 1.807) is 0 Å². The minimum Gasteiger partial charge on any atom is -0.486 e. The van der Waals surface area contributed by atoms with Crippen LogP contribution >= 0.6 is 0 Å². The summed E-state index contributed by atoms with van der Waals surface area (Å²) in [6.45, 7) is 4.65. The van der Waals surface area contributed by atoms with Gasteiger partial charge in [-0.25, -0.2) is 0 Å². The second kappa shape index (κ2) is 5.19. The highest BCUT2D eigenvalue weighted by Crippen LogP contribution is 2.33. The number of nitrogens with one attached hydrogen (secondary N) is 1. The first-order chi connectivity index (χ1) is 8.83. The van der Waals surface area contributed by atoms with Gasteiger partial charge in [0.25, 0.3) is 0 Å². The zero-order valence-corrected chi connectivity index (χ0v) is 11.0. The Bertz CT molecular complexity index is 425. The Morgan fingerprint density at radius 1 is 1.17 bits per heavy atom. The van der Waals surface area contributed by atoms with Crippen molar-refractivity contribution in [2.45, 2.75) is 38.6 Å². The highest BCUT2D eigenvalue weighted by molar-refractivity contribution is 5.48. The highest BCUT2D eigenvalue weighted by atomic mass is 16.6. The van der Waals surface area contributed by atoms with Crippen molar-refractivity contribution in [1.29, 1.82) is 0 Å². The van der Waals surface area contributed by atoms with E-state index in [9.17, 15) is 0 Å². The Labute approximate surface area is 108 Å². The van der Waals surface area contributed by atoms with Crippen molar-refractivity contribution < 1.29 is 9.47 Å². The molecule has 1 aromatic rings. The Morgan fingerprint density at radius 3 is 2.67 bits per heavy atom. The van der Waals surface area contributed by atoms with Crippen LogP contribution in [0.25, 0.3) is 0 Å². The van der Waals surface area contributed by atoms with Crippen LogP contribution in [0.3, 0.4) is 0 Å². The Balaban J connectivity index is 1.78. The van der Waals surface area contributed by atoms with E-state index in [2.05, 4.69) is 24.4 Å². The van der Waals surface area contributed by atoms with Crippen LogP contribution < -0.4 is 14.8 Å². The number of fused-ring (bicyclic) bond motifs is 1. The molecule has 2 aliphatic rings. The molecular weight excluding hydrogens is 226 g/mol. The third-order valence-corrected chi connectivity index (χ3v) is 3.88. The van der Waals surface area contributed by atoms with Crippen molar-refractivity contribution >= 4 is 0 Å². The monoisotopic (exact) mass is 247 g/mol.